The molecule has 150 valence electrons. The molecule has 1 N–H and O–H groups in total. The van der Waals surface area contributed by atoms with E-state index in [2.05, 4.69) is 10.2 Å². The predicted octanol–water partition coefficient (Wildman–Crippen LogP) is 2.55. The normalized spacial score (nSPS) is 16.5. The zero-order chi connectivity index (χ0) is 20.1. The summed E-state index contributed by atoms with van der Waals surface area (Å²) in [6.45, 7) is 3.31. The minimum atomic E-state index is -3.29. The summed E-state index contributed by atoms with van der Waals surface area (Å²) in [5.74, 6) is -0.243. The Morgan fingerprint density at radius 2 is 1.71 bits per heavy atom. The van der Waals surface area contributed by atoms with Crippen LogP contribution in [0.25, 0.3) is 0 Å². The van der Waals surface area contributed by atoms with E-state index in [9.17, 15) is 13.2 Å². The summed E-state index contributed by atoms with van der Waals surface area (Å²) < 4.78 is 28.6. The zero-order valence-electron chi connectivity index (χ0n) is 15.6. The fourth-order valence-electron chi connectivity index (χ4n) is 3.18. The average Bonchev–Trinajstić information content (AvgIpc) is 2.69. The van der Waals surface area contributed by atoms with Crippen LogP contribution in [-0.2, 0) is 14.6 Å². The van der Waals surface area contributed by atoms with Crippen LogP contribution in [0.15, 0.2) is 53.4 Å². The molecule has 1 aliphatic rings. The molecule has 2 aromatic rings. The number of nitrogens with zero attached hydrogens (tertiary/aromatic N) is 1. The quantitative estimate of drug-likeness (QED) is 0.774. The van der Waals surface area contributed by atoms with E-state index >= 15 is 0 Å². The summed E-state index contributed by atoms with van der Waals surface area (Å²) in [6, 6.07) is 13.6. The third kappa shape index (κ3) is 5.32. The third-order valence-electron chi connectivity index (χ3n) is 4.74. The molecule has 1 saturated heterocycles. The highest BCUT2D eigenvalue weighted by Crippen LogP contribution is 2.23. The van der Waals surface area contributed by atoms with Gasteiger partial charge >= 0.3 is 0 Å². The van der Waals surface area contributed by atoms with Crippen molar-refractivity contribution < 1.29 is 17.9 Å². The van der Waals surface area contributed by atoms with Crippen molar-refractivity contribution in [1.29, 1.82) is 0 Å². The SMILES string of the molecule is CS(=O)(=O)c1ccc(C(=O)NCC(c2ccc(Cl)cc2)N2CCOCC2)cc1. The molecule has 1 fully saturated rings. The molecule has 2 aromatic carbocycles. The van der Waals surface area contributed by atoms with Gasteiger partial charge in [-0.2, -0.15) is 0 Å². The van der Waals surface area contributed by atoms with Gasteiger partial charge in [0.25, 0.3) is 5.91 Å². The molecule has 0 bridgehead atoms. The van der Waals surface area contributed by atoms with E-state index in [-0.39, 0.29) is 16.8 Å². The van der Waals surface area contributed by atoms with Gasteiger partial charge in [-0.1, -0.05) is 23.7 Å². The van der Waals surface area contributed by atoms with Gasteiger partial charge in [-0.25, -0.2) is 8.42 Å². The number of carbonyl (C=O) groups excluding carboxylic acids is 1. The highest BCUT2D eigenvalue weighted by molar-refractivity contribution is 7.90. The molecule has 0 aromatic heterocycles. The maximum atomic E-state index is 12.6. The number of ether oxygens (including phenoxy) is 1. The van der Waals surface area contributed by atoms with Crippen LogP contribution in [-0.4, -0.2) is 58.3 Å². The molecule has 8 heteroatoms. The van der Waals surface area contributed by atoms with Crippen LogP contribution in [0.2, 0.25) is 5.02 Å². The van der Waals surface area contributed by atoms with Gasteiger partial charge in [0.2, 0.25) is 0 Å². The van der Waals surface area contributed by atoms with Gasteiger partial charge in [-0.05, 0) is 42.0 Å². The van der Waals surface area contributed by atoms with Gasteiger partial charge in [0.05, 0.1) is 24.2 Å². The first kappa shape index (κ1) is 20.8. The minimum Gasteiger partial charge on any atom is -0.379 e. The van der Waals surface area contributed by atoms with E-state index in [1.54, 1.807) is 0 Å². The van der Waals surface area contributed by atoms with E-state index in [1.807, 2.05) is 24.3 Å². The van der Waals surface area contributed by atoms with Gasteiger partial charge in [0.15, 0.2) is 9.84 Å². The Labute approximate surface area is 170 Å². The zero-order valence-corrected chi connectivity index (χ0v) is 17.2. The van der Waals surface area contributed by atoms with Crippen molar-refractivity contribution in [3.05, 3.63) is 64.7 Å². The highest BCUT2D eigenvalue weighted by atomic mass is 35.5. The summed E-state index contributed by atoms with van der Waals surface area (Å²) in [4.78, 5) is 15.0. The maximum absolute atomic E-state index is 12.6. The Hall–Kier alpha value is -1.93. The third-order valence-corrected chi connectivity index (χ3v) is 6.12. The van der Waals surface area contributed by atoms with Gasteiger partial charge in [0, 0.05) is 36.5 Å². The fraction of sp³-hybridized carbons (Fsp3) is 0.350. The lowest BCUT2D eigenvalue weighted by molar-refractivity contribution is 0.0162. The number of halogens is 1. The van der Waals surface area contributed by atoms with E-state index in [0.717, 1.165) is 24.9 Å². The molecule has 0 saturated carbocycles. The smallest absolute Gasteiger partial charge is 0.251 e. The van der Waals surface area contributed by atoms with Crippen LogP contribution in [0.5, 0.6) is 0 Å². The van der Waals surface area contributed by atoms with E-state index in [0.29, 0.717) is 30.3 Å². The number of hydrogen-bond acceptors (Lipinski definition) is 5. The molecule has 0 aliphatic carbocycles. The van der Waals surface area contributed by atoms with E-state index in [4.69, 9.17) is 16.3 Å². The van der Waals surface area contributed by atoms with E-state index < -0.39 is 9.84 Å². The molecule has 0 radical (unpaired) electrons. The number of rotatable bonds is 6. The minimum absolute atomic E-state index is 0.000379. The summed E-state index contributed by atoms with van der Waals surface area (Å²) in [5.41, 5.74) is 1.49. The van der Waals surface area contributed by atoms with Crippen molar-refractivity contribution in [3.63, 3.8) is 0 Å². The molecule has 1 atom stereocenters. The summed E-state index contributed by atoms with van der Waals surface area (Å²) in [5, 5.41) is 3.63. The number of hydrogen-bond donors (Lipinski definition) is 1. The molecule has 0 spiro atoms. The van der Waals surface area contributed by atoms with Crippen molar-refractivity contribution in [1.82, 2.24) is 10.2 Å². The largest absolute Gasteiger partial charge is 0.379 e. The van der Waals surface area contributed by atoms with E-state index in [1.165, 1.54) is 24.3 Å². The molecule has 3 rings (SSSR count). The molecular formula is C20H23ClN2O4S. The summed E-state index contributed by atoms with van der Waals surface area (Å²) in [7, 11) is -3.29. The Balaban J connectivity index is 1.72. The molecule has 1 heterocycles. The molecule has 6 nitrogen and oxygen atoms in total. The summed E-state index contributed by atoms with van der Waals surface area (Å²) >= 11 is 6.01. The molecule has 1 unspecified atom stereocenters. The number of amides is 1. The molecule has 1 amide bonds. The lowest BCUT2D eigenvalue weighted by Gasteiger charge is -2.35. The van der Waals surface area contributed by atoms with Crippen molar-refractivity contribution in [2.24, 2.45) is 0 Å². The van der Waals surface area contributed by atoms with Gasteiger partial charge in [0.1, 0.15) is 0 Å². The topological polar surface area (TPSA) is 75.7 Å². The van der Waals surface area contributed by atoms with Crippen LogP contribution in [0.4, 0.5) is 0 Å². The van der Waals surface area contributed by atoms with Crippen LogP contribution < -0.4 is 5.32 Å². The lowest BCUT2D eigenvalue weighted by atomic mass is 10.0. The lowest BCUT2D eigenvalue weighted by Crippen LogP contribution is -2.43. The fourth-order valence-corrected chi connectivity index (χ4v) is 3.93. The maximum Gasteiger partial charge on any atom is 0.251 e. The van der Waals surface area contributed by atoms with Gasteiger partial charge < -0.3 is 10.1 Å². The number of nitrogens with one attached hydrogen (secondary N) is 1. The van der Waals surface area contributed by atoms with Crippen molar-refractivity contribution in [2.45, 2.75) is 10.9 Å². The van der Waals surface area contributed by atoms with Gasteiger partial charge in [-0.3, -0.25) is 9.69 Å². The number of morpholine rings is 1. The van der Waals surface area contributed by atoms with Crippen molar-refractivity contribution in [2.75, 3.05) is 39.1 Å². The average molecular weight is 423 g/mol. The standard InChI is InChI=1S/C20H23ClN2O4S/c1-28(25,26)18-8-4-16(5-9-18)20(24)22-14-19(23-10-12-27-13-11-23)15-2-6-17(21)7-3-15/h2-9,19H,10-14H2,1H3,(H,22,24). The first-order chi connectivity index (χ1) is 13.3. The van der Waals surface area contributed by atoms with Crippen molar-refractivity contribution >= 4 is 27.3 Å². The monoisotopic (exact) mass is 422 g/mol. The Bertz CT molecular complexity index is 908. The second-order valence-corrected chi connectivity index (χ2v) is 9.17. The molecule has 28 heavy (non-hydrogen) atoms. The van der Waals surface area contributed by atoms with Gasteiger partial charge in [-0.15, -0.1) is 0 Å². The highest BCUT2D eigenvalue weighted by Gasteiger charge is 2.23. The van der Waals surface area contributed by atoms with Crippen LogP contribution in [0.1, 0.15) is 22.0 Å². The Morgan fingerprint density at radius 1 is 1.11 bits per heavy atom. The van der Waals surface area contributed by atoms with Crippen LogP contribution >= 0.6 is 11.6 Å². The number of benzene rings is 2. The number of sulfone groups is 1. The summed E-state index contributed by atoms with van der Waals surface area (Å²) in [6.07, 6.45) is 1.14. The molecule has 1 aliphatic heterocycles. The second kappa shape index (κ2) is 9.05. The second-order valence-electron chi connectivity index (χ2n) is 6.72. The van der Waals surface area contributed by atoms with Crippen LogP contribution in [0, 0.1) is 0 Å². The molecular weight excluding hydrogens is 400 g/mol. The van der Waals surface area contributed by atoms with Crippen LogP contribution in [0.3, 0.4) is 0 Å². The first-order valence-electron chi connectivity index (χ1n) is 9.00. The first-order valence-corrected chi connectivity index (χ1v) is 11.3. The predicted molar refractivity (Wildman–Crippen MR) is 108 cm³/mol. The number of carbonyl (C=O) groups is 1. The van der Waals surface area contributed by atoms with Crippen molar-refractivity contribution in [3.8, 4) is 0 Å². The Morgan fingerprint density at radius 3 is 2.29 bits per heavy atom. The Kier molecular flexibility index (Phi) is 6.72.